The van der Waals surface area contributed by atoms with E-state index in [1.54, 1.807) is 19.6 Å². The van der Waals surface area contributed by atoms with Gasteiger partial charge in [0.25, 0.3) is 0 Å². The summed E-state index contributed by atoms with van der Waals surface area (Å²) in [6, 6.07) is 24.2. The van der Waals surface area contributed by atoms with Gasteiger partial charge in [-0.1, -0.05) is 50.1 Å². The summed E-state index contributed by atoms with van der Waals surface area (Å²) in [6.45, 7) is 8.96. The number of carbonyl (C=O) groups is 1. The molecule has 0 atom stereocenters. The van der Waals surface area contributed by atoms with E-state index < -0.39 is 0 Å². The molecule has 0 bridgehead atoms. The number of nitrogens with zero attached hydrogens (tertiary/aromatic N) is 5. The van der Waals surface area contributed by atoms with Crippen LogP contribution in [0.4, 0.5) is 16.2 Å². The van der Waals surface area contributed by atoms with E-state index in [1.807, 2.05) is 52.1 Å². The Labute approximate surface area is 267 Å². The number of carbonyl (C=O) groups excluding carboxylic acids is 1. The first-order chi connectivity index (χ1) is 22.1. The maximum Gasteiger partial charge on any atom is 0.322 e. The van der Waals surface area contributed by atoms with Crippen molar-refractivity contribution in [2.45, 2.75) is 39.2 Å². The zero-order chi connectivity index (χ0) is 31.3. The number of imidazole rings is 1. The number of piperazine rings is 1. The molecule has 1 aromatic heterocycles. The van der Waals surface area contributed by atoms with Crippen molar-refractivity contribution in [3.05, 3.63) is 97.1 Å². The number of hydrogen-bond acceptors (Lipinski definition) is 6. The lowest BCUT2D eigenvalue weighted by Gasteiger charge is -2.36. The Hall–Kier alpha value is -4.50. The summed E-state index contributed by atoms with van der Waals surface area (Å²) >= 11 is 0. The van der Waals surface area contributed by atoms with Gasteiger partial charge in [0.05, 0.1) is 32.3 Å². The van der Waals surface area contributed by atoms with Gasteiger partial charge in [0.2, 0.25) is 0 Å². The van der Waals surface area contributed by atoms with Gasteiger partial charge in [-0.15, -0.1) is 0 Å². The Morgan fingerprint density at radius 1 is 0.911 bits per heavy atom. The van der Waals surface area contributed by atoms with Crippen LogP contribution in [-0.4, -0.2) is 78.4 Å². The van der Waals surface area contributed by atoms with E-state index >= 15 is 0 Å². The van der Waals surface area contributed by atoms with Crippen molar-refractivity contribution >= 4 is 17.4 Å². The standard InChI is InChI=1S/C36H46N6O3/c1-3-4-10-20-41(28-30-27-32(16-17-34(30)44-2)42-21-18-37-29-42)36(43)38-33-14-8-9-15-35(33)45-26-11-19-39-22-24-40(25-23-39)31-12-6-5-7-13-31/h5-9,12-18,21,27,29H,3-4,10-11,19-20,22-26,28H2,1-2H3,(H,38,43). The zero-order valence-electron chi connectivity index (χ0n) is 26.6. The first-order valence-electron chi connectivity index (χ1n) is 16.1. The molecule has 0 unspecified atom stereocenters. The lowest BCUT2D eigenvalue weighted by molar-refractivity contribution is 0.206. The highest BCUT2D eigenvalue weighted by Crippen LogP contribution is 2.27. The van der Waals surface area contributed by atoms with E-state index in [-0.39, 0.29) is 6.03 Å². The minimum absolute atomic E-state index is 0.159. The van der Waals surface area contributed by atoms with E-state index in [0.717, 1.165) is 75.4 Å². The molecule has 238 valence electrons. The van der Waals surface area contributed by atoms with Crippen molar-refractivity contribution < 1.29 is 14.3 Å². The van der Waals surface area contributed by atoms with Gasteiger partial charge >= 0.3 is 6.03 Å². The Bertz CT molecular complexity index is 1450. The first kappa shape index (κ1) is 31.9. The Kier molecular flexibility index (Phi) is 11.7. The highest BCUT2D eigenvalue weighted by atomic mass is 16.5. The molecule has 3 aromatic carbocycles. The summed E-state index contributed by atoms with van der Waals surface area (Å²) in [5, 5.41) is 3.14. The number of urea groups is 1. The van der Waals surface area contributed by atoms with Gasteiger partial charge in [-0.3, -0.25) is 4.90 Å². The highest BCUT2D eigenvalue weighted by Gasteiger charge is 2.19. The lowest BCUT2D eigenvalue weighted by Crippen LogP contribution is -2.46. The quantitative estimate of drug-likeness (QED) is 0.151. The molecule has 5 rings (SSSR count). The smallest absolute Gasteiger partial charge is 0.322 e. The number of para-hydroxylation sites is 3. The second-order valence-corrected chi connectivity index (χ2v) is 11.4. The molecule has 2 amide bonds. The number of methoxy groups -OCH3 is 1. The fourth-order valence-electron chi connectivity index (χ4n) is 5.70. The Morgan fingerprint density at radius 2 is 1.71 bits per heavy atom. The molecule has 4 aromatic rings. The van der Waals surface area contributed by atoms with Crippen LogP contribution in [0.25, 0.3) is 5.69 Å². The van der Waals surface area contributed by atoms with Gasteiger partial charge in [0, 0.05) is 68.6 Å². The molecule has 0 aliphatic carbocycles. The number of aromatic nitrogens is 2. The van der Waals surface area contributed by atoms with E-state index in [4.69, 9.17) is 9.47 Å². The normalized spacial score (nSPS) is 13.4. The molecule has 0 radical (unpaired) electrons. The fourth-order valence-corrected chi connectivity index (χ4v) is 5.70. The zero-order valence-corrected chi connectivity index (χ0v) is 26.6. The van der Waals surface area contributed by atoms with Crippen LogP contribution in [0.15, 0.2) is 91.5 Å². The number of rotatable bonds is 15. The molecule has 1 aliphatic heterocycles. The summed E-state index contributed by atoms with van der Waals surface area (Å²) in [6.07, 6.45) is 9.39. The molecule has 45 heavy (non-hydrogen) atoms. The van der Waals surface area contributed by atoms with E-state index in [9.17, 15) is 4.79 Å². The number of benzene rings is 3. The maximum atomic E-state index is 13.7. The predicted molar refractivity (Wildman–Crippen MR) is 181 cm³/mol. The van der Waals surface area contributed by atoms with Crippen molar-refractivity contribution in [2.24, 2.45) is 0 Å². The van der Waals surface area contributed by atoms with Crippen LogP contribution in [0.5, 0.6) is 11.5 Å². The number of unbranched alkanes of at least 4 members (excludes halogenated alkanes) is 2. The number of nitrogens with one attached hydrogen (secondary N) is 1. The van der Waals surface area contributed by atoms with Gasteiger partial charge in [0.1, 0.15) is 11.5 Å². The molecule has 9 heteroatoms. The Morgan fingerprint density at radius 3 is 2.47 bits per heavy atom. The van der Waals surface area contributed by atoms with Crippen LogP contribution >= 0.6 is 0 Å². The minimum Gasteiger partial charge on any atom is -0.496 e. The summed E-state index contributed by atoms with van der Waals surface area (Å²) < 4.78 is 13.8. The van der Waals surface area contributed by atoms with Crippen LogP contribution in [-0.2, 0) is 6.54 Å². The molecule has 1 saturated heterocycles. The van der Waals surface area contributed by atoms with Gasteiger partial charge in [0.15, 0.2) is 0 Å². The second kappa shape index (κ2) is 16.5. The fraction of sp³-hybridized carbons (Fsp3) is 0.389. The summed E-state index contributed by atoms with van der Waals surface area (Å²) in [5.74, 6) is 1.44. The van der Waals surface area contributed by atoms with Crippen molar-refractivity contribution in [1.29, 1.82) is 0 Å². The summed E-state index contributed by atoms with van der Waals surface area (Å²) in [5.41, 5.74) is 3.88. The van der Waals surface area contributed by atoms with Gasteiger partial charge in [-0.05, 0) is 55.3 Å². The maximum absolute atomic E-state index is 13.7. The third-order valence-electron chi connectivity index (χ3n) is 8.25. The van der Waals surface area contributed by atoms with Crippen LogP contribution in [0.2, 0.25) is 0 Å². The molecule has 2 heterocycles. The number of amides is 2. The largest absolute Gasteiger partial charge is 0.496 e. The summed E-state index contributed by atoms with van der Waals surface area (Å²) in [4.78, 5) is 24.7. The number of ether oxygens (including phenoxy) is 2. The molecule has 1 aliphatic rings. The number of anilines is 2. The average Bonchev–Trinajstić information content (AvgIpc) is 3.63. The lowest BCUT2D eigenvalue weighted by atomic mass is 10.1. The first-order valence-corrected chi connectivity index (χ1v) is 16.1. The molecule has 0 spiro atoms. The third kappa shape index (κ3) is 9.01. The van der Waals surface area contributed by atoms with Crippen molar-refractivity contribution in [2.75, 3.05) is 63.2 Å². The molecule has 9 nitrogen and oxygen atoms in total. The minimum atomic E-state index is -0.159. The molecular formula is C36H46N6O3. The molecule has 1 N–H and O–H groups in total. The SMILES string of the molecule is CCCCCN(Cc1cc(-n2ccnc2)ccc1OC)C(=O)Nc1ccccc1OCCCN1CCN(c2ccccc2)CC1. The van der Waals surface area contributed by atoms with Crippen LogP contribution in [0.1, 0.15) is 38.2 Å². The van der Waals surface area contributed by atoms with Gasteiger partial charge in [-0.25, -0.2) is 9.78 Å². The van der Waals surface area contributed by atoms with E-state index in [2.05, 4.69) is 63.4 Å². The average molecular weight is 611 g/mol. The van der Waals surface area contributed by atoms with Crippen molar-refractivity contribution in [3.63, 3.8) is 0 Å². The summed E-state index contributed by atoms with van der Waals surface area (Å²) in [7, 11) is 1.66. The van der Waals surface area contributed by atoms with Crippen LogP contribution in [0, 0.1) is 0 Å². The van der Waals surface area contributed by atoms with Crippen molar-refractivity contribution in [3.8, 4) is 17.2 Å². The Balaban J connectivity index is 1.17. The third-order valence-corrected chi connectivity index (χ3v) is 8.25. The topological polar surface area (TPSA) is 75.1 Å². The monoisotopic (exact) mass is 610 g/mol. The highest BCUT2D eigenvalue weighted by molar-refractivity contribution is 5.91. The molecule has 0 saturated carbocycles. The second-order valence-electron chi connectivity index (χ2n) is 11.4. The molecular weight excluding hydrogens is 564 g/mol. The number of hydrogen-bond donors (Lipinski definition) is 1. The van der Waals surface area contributed by atoms with Gasteiger partial charge < -0.3 is 29.2 Å². The molecule has 1 fully saturated rings. The van der Waals surface area contributed by atoms with Crippen molar-refractivity contribution in [1.82, 2.24) is 19.4 Å². The van der Waals surface area contributed by atoms with Gasteiger partial charge in [-0.2, -0.15) is 0 Å². The van der Waals surface area contributed by atoms with E-state index in [0.29, 0.717) is 31.1 Å². The van der Waals surface area contributed by atoms with E-state index in [1.165, 1.54) is 5.69 Å². The van der Waals surface area contributed by atoms with Crippen LogP contribution in [0.3, 0.4) is 0 Å². The van der Waals surface area contributed by atoms with Crippen LogP contribution < -0.4 is 19.7 Å². The predicted octanol–water partition coefficient (Wildman–Crippen LogP) is 6.70.